The lowest BCUT2D eigenvalue weighted by Gasteiger charge is -2.09. The van der Waals surface area contributed by atoms with Crippen LogP contribution in [-0.4, -0.2) is 11.1 Å². The number of hydrogen-bond acceptors (Lipinski definition) is 1. The highest BCUT2D eigenvalue weighted by Crippen LogP contribution is 2.35. The number of halogens is 3. The summed E-state index contributed by atoms with van der Waals surface area (Å²) in [6.45, 7) is 1.62. The minimum atomic E-state index is -1.06. The Morgan fingerprint density at radius 2 is 1.74 bits per heavy atom. The molecule has 0 aromatic heterocycles. The van der Waals surface area contributed by atoms with Gasteiger partial charge in [-0.15, -0.1) is 0 Å². The van der Waals surface area contributed by atoms with Crippen LogP contribution in [0, 0.1) is 12.7 Å². The van der Waals surface area contributed by atoms with Crippen molar-refractivity contribution in [2.45, 2.75) is 6.92 Å². The smallest absolute Gasteiger partial charge is 0.335 e. The lowest BCUT2D eigenvalue weighted by Crippen LogP contribution is -1.96. The third-order valence-corrected chi connectivity index (χ3v) is 3.38. The van der Waals surface area contributed by atoms with Gasteiger partial charge in [-0.2, -0.15) is 0 Å². The van der Waals surface area contributed by atoms with Gasteiger partial charge in [-0.05, 0) is 36.8 Å². The quantitative estimate of drug-likeness (QED) is 0.864. The maximum Gasteiger partial charge on any atom is 0.335 e. The molecule has 0 atom stereocenters. The molecule has 2 nitrogen and oxygen atoms in total. The van der Waals surface area contributed by atoms with Gasteiger partial charge in [0.25, 0.3) is 0 Å². The Bertz CT molecular complexity index is 669. The standard InChI is InChI=1S/C14H9Cl2FO2/c1-7-4-10(12(16)6-13(7)17)9-3-2-8(14(18)19)5-11(9)15/h2-6H,1H3,(H,18,19). The molecule has 2 aromatic rings. The molecule has 1 N–H and O–H groups in total. The zero-order chi connectivity index (χ0) is 14.2. The second kappa shape index (κ2) is 5.19. The summed E-state index contributed by atoms with van der Waals surface area (Å²) >= 11 is 12.1. The van der Waals surface area contributed by atoms with Gasteiger partial charge in [0.15, 0.2) is 0 Å². The van der Waals surface area contributed by atoms with Gasteiger partial charge >= 0.3 is 5.97 Å². The van der Waals surface area contributed by atoms with Gasteiger partial charge in [-0.1, -0.05) is 29.3 Å². The average molecular weight is 299 g/mol. The van der Waals surface area contributed by atoms with Crippen LogP contribution in [0.2, 0.25) is 10.0 Å². The fourth-order valence-corrected chi connectivity index (χ4v) is 2.26. The van der Waals surface area contributed by atoms with Crippen molar-refractivity contribution >= 4 is 29.2 Å². The number of carbonyl (C=O) groups is 1. The van der Waals surface area contributed by atoms with Crippen LogP contribution in [0.4, 0.5) is 4.39 Å². The third-order valence-electron chi connectivity index (χ3n) is 2.75. The van der Waals surface area contributed by atoms with Gasteiger partial charge in [0.1, 0.15) is 5.82 Å². The normalized spacial score (nSPS) is 10.5. The Morgan fingerprint density at radius 1 is 1.11 bits per heavy atom. The van der Waals surface area contributed by atoms with Gasteiger partial charge in [0.05, 0.1) is 10.6 Å². The summed E-state index contributed by atoms with van der Waals surface area (Å²) in [5, 5.41) is 9.36. The van der Waals surface area contributed by atoms with Crippen molar-refractivity contribution in [1.82, 2.24) is 0 Å². The molecular weight excluding hydrogens is 290 g/mol. The molecule has 0 amide bonds. The monoisotopic (exact) mass is 298 g/mol. The minimum Gasteiger partial charge on any atom is -0.478 e. The van der Waals surface area contributed by atoms with E-state index in [1.54, 1.807) is 19.1 Å². The zero-order valence-electron chi connectivity index (χ0n) is 9.88. The van der Waals surface area contributed by atoms with Crippen molar-refractivity contribution in [3.8, 4) is 11.1 Å². The van der Waals surface area contributed by atoms with E-state index in [2.05, 4.69) is 0 Å². The molecule has 0 aliphatic carbocycles. The van der Waals surface area contributed by atoms with E-state index >= 15 is 0 Å². The molecule has 0 unspecified atom stereocenters. The van der Waals surface area contributed by atoms with Crippen molar-refractivity contribution in [3.05, 3.63) is 57.3 Å². The molecule has 0 bridgehead atoms. The Hall–Kier alpha value is -1.58. The lowest BCUT2D eigenvalue weighted by atomic mass is 10.0. The first kappa shape index (κ1) is 13.8. The number of rotatable bonds is 2. The maximum atomic E-state index is 13.4. The minimum absolute atomic E-state index is 0.0868. The van der Waals surface area contributed by atoms with Gasteiger partial charge in [-0.3, -0.25) is 0 Å². The van der Waals surface area contributed by atoms with Crippen molar-refractivity contribution in [2.24, 2.45) is 0 Å². The molecule has 0 saturated carbocycles. The Labute approximate surface area is 119 Å². The summed E-state index contributed by atoms with van der Waals surface area (Å²) in [6.07, 6.45) is 0. The van der Waals surface area contributed by atoms with E-state index in [0.717, 1.165) is 0 Å². The summed E-state index contributed by atoms with van der Waals surface area (Å²) in [5.74, 6) is -1.46. The maximum absolute atomic E-state index is 13.4. The molecule has 0 radical (unpaired) electrons. The summed E-state index contributed by atoms with van der Waals surface area (Å²) in [7, 11) is 0. The highest BCUT2D eigenvalue weighted by molar-refractivity contribution is 6.36. The molecule has 0 aliphatic rings. The van der Waals surface area contributed by atoms with Gasteiger partial charge in [0, 0.05) is 16.1 Å². The van der Waals surface area contributed by atoms with Crippen molar-refractivity contribution in [3.63, 3.8) is 0 Å². The van der Waals surface area contributed by atoms with E-state index in [0.29, 0.717) is 16.7 Å². The first-order valence-corrected chi connectivity index (χ1v) is 6.14. The fourth-order valence-electron chi connectivity index (χ4n) is 1.73. The molecule has 0 aliphatic heterocycles. The second-order valence-electron chi connectivity index (χ2n) is 4.08. The lowest BCUT2D eigenvalue weighted by molar-refractivity contribution is 0.0697. The number of aryl methyl sites for hydroxylation is 1. The first-order chi connectivity index (χ1) is 8.90. The van der Waals surface area contributed by atoms with Crippen LogP contribution < -0.4 is 0 Å². The SMILES string of the molecule is Cc1cc(-c2ccc(C(=O)O)cc2Cl)c(Cl)cc1F. The van der Waals surface area contributed by atoms with Gasteiger partial charge in [0.2, 0.25) is 0 Å². The van der Waals surface area contributed by atoms with E-state index in [4.69, 9.17) is 28.3 Å². The second-order valence-corrected chi connectivity index (χ2v) is 4.90. The largest absolute Gasteiger partial charge is 0.478 e. The molecule has 0 spiro atoms. The molecule has 0 saturated heterocycles. The van der Waals surface area contributed by atoms with E-state index in [-0.39, 0.29) is 15.6 Å². The number of aromatic carboxylic acids is 1. The molecule has 0 fully saturated rings. The predicted octanol–water partition coefficient (Wildman–Crippen LogP) is 4.81. The molecular formula is C14H9Cl2FO2. The van der Waals surface area contributed by atoms with E-state index in [1.807, 2.05) is 0 Å². The first-order valence-electron chi connectivity index (χ1n) is 5.39. The topological polar surface area (TPSA) is 37.3 Å². The third kappa shape index (κ3) is 2.72. The molecule has 2 rings (SSSR count). The molecule has 2 aromatic carbocycles. The summed E-state index contributed by atoms with van der Waals surface area (Å²) in [5.41, 5.74) is 1.67. The molecule has 5 heteroatoms. The highest BCUT2D eigenvalue weighted by Gasteiger charge is 2.13. The molecule has 19 heavy (non-hydrogen) atoms. The van der Waals surface area contributed by atoms with Gasteiger partial charge in [-0.25, -0.2) is 9.18 Å². The van der Waals surface area contributed by atoms with Crippen LogP contribution in [0.15, 0.2) is 30.3 Å². The van der Waals surface area contributed by atoms with E-state index < -0.39 is 11.8 Å². The summed E-state index contributed by atoms with van der Waals surface area (Å²) in [6, 6.07) is 7.13. The highest BCUT2D eigenvalue weighted by atomic mass is 35.5. The van der Waals surface area contributed by atoms with Crippen LogP contribution in [-0.2, 0) is 0 Å². The van der Waals surface area contributed by atoms with E-state index in [1.165, 1.54) is 18.2 Å². The van der Waals surface area contributed by atoms with Crippen molar-refractivity contribution < 1.29 is 14.3 Å². The van der Waals surface area contributed by atoms with Crippen molar-refractivity contribution in [1.29, 1.82) is 0 Å². The molecule has 98 valence electrons. The van der Waals surface area contributed by atoms with Crippen molar-refractivity contribution in [2.75, 3.05) is 0 Å². The molecule has 0 heterocycles. The number of carboxylic acids is 1. The van der Waals surface area contributed by atoms with E-state index in [9.17, 15) is 9.18 Å². The Kier molecular flexibility index (Phi) is 3.78. The fraction of sp³-hybridized carbons (Fsp3) is 0.0714. The van der Waals surface area contributed by atoms with Crippen LogP contribution >= 0.6 is 23.2 Å². The Balaban J connectivity index is 2.59. The number of benzene rings is 2. The van der Waals surface area contributed by atoms with Crippen LogP contribution in [0.5, 0.6) is 0 Å². The predicted molar refractivity (Wildman–Crippen MR) is 73.6 cm³/mol. The summed E-state index contributed by atoms with van der Waals surface area (Å²) in [4.78, 5) is 10.8. The average Bonchev–Trinajstić information content (AvgIpc) is 2.34. The summed E-state index contributed by atoms with van der Waals surface area (Å²) < 4.78 is 13.4. The van der Waals surface area contributed by atoms with Crippen LogP contribution in [0.3, 0.4) is 0 Å². The number of carboxylic acid groups (broad SMARTS) is 1. The number of hydrogen-bond donors (Lipinski definition) is 1. The van der Waals surface area contributed by atoms with Crippen LogP contribution in [0.25, 0.3) is 11.1 Å². The Morgan fingerprint density at radius 3 is 2.32 bits per heavy atom. The zero-order valence-corrected chi connectivity index (χ0v) is 11.4. The van der Waals surface area contributed by atoms with Crippen LogP contribution in [0.1, 0.15) is 15.9 Å². The van der Waals surface area contributed by atoms with Gasteiger partial charge < -0.3 is 5.11 Å².